The number of aryl methyl sites for hydroxylation is 1. The maximum Gasteiger partial charge on any atom is 0.306 e. The first-order valence-electron chi connectivity index (χ1n) is 5.80. The van der Waals surface area contributed by atoms with Gasteiger partial charge in [-0.1, -0.05) is 0 Å². The summed E-state index contributed by atoms with van der Waals surface area (Å²) >= 11 is 0. The molecule has 1 aromatic heterocycles. The molecule has 0 N–H and O–H groups in total. The highest BCUT2D eigenvalue weighted by atomic mass is 16.5. The van der Waals surface area contributed by atoms with Crippen LogP contribution in [-0.4, -0.2) is 22.0 Å². The SMILES string of the molecule is O=C(CCc1ncccn1)OC1CCCC1. The normalized spacial score (nSPS) is 16.2. The van der Waals surface area contributed by atoms with E-state index in [-0.39, 0.29) is 12.1 Å². The molecule has 1 aliphatic rings. The maximum absolute atomic E-state index is 11.5. The predicted molar refractivity (Wildman–Crippen MR) is 58.7 cm³/mol. The molecule has 0 unspecified atom stereocenters. The van der Waals surface area contributed by atoms with Crippen molar-refractivity contribution in [3.05, 3.63) is 24.3 Å². The van der Waals surface area contributed by atoms with Crippen molar-refractivity contribution in [2.45, 2.75) is 44.6 Å². The van der Waals surface area contributed by atoms with Crippen LogP contribution in [0.15, 0.2) is 18.5 Å². The molecule has 4 heteroatoms. The summed E-state index contributed by atoms with van der Waals surface area (Å²) in [6.07, 6.45) is 8.87. The molecule has 0 aromatic carbocycles. The Morgan fingerprint density at radius 3 is 2.69 bits per heavy atom. The lowest BCUT2D eigenvalue weighted by molar-refractivity contribution is -0.148. The van der Waals surface area contributed by atoms with Gasteiger partial charge < -0.3 is 4.74 Å². The Bertz CT molecular complexity index is 334. The number of aromatic nitrogens is 2. The van der Waals surface area contributed by atoms with Gasteiger partial charge in [0.25, 0.3) is 0 Å². The van der Waals surface area contributed by atoms with Gasteiger partial charge in [0.2, 0.25) is 0 Å². The molecule has 0 aliphatic heterocycles. The van der Waals surface area contributed by atoms with Crippen molar-refractivity contribution in [2.75, 3.05) is 0 Å². The highest BCUT2D eigenvalue weighted by Gasteiger charge is 2.18. The fourth-order valence-corrected chi connectivity index (χ4v) is 1.92. The summed E-state index contributed by atoms with van der Waals surface area (Å²) < 4.78 is 5.34. The van der Waals surface area contributed by atoms with Crippen LogP contribution in [0.25, 0.3) is 0 Å². The Morgan fingerprint density at radius 2 is 2.00 bits per heavy atom. The zero-order valence-electron chi connectivity index (χ0n) is 9.26. The van der Waals surface area contributed by atoms with Gasteiger partial charge in [0.15, 0.2) is 0 Å². The average molecular weight is 220 g/mol. The Balaban J connectivity index is 1.71. The van der Waals surface area contributed by atoms with Crippen molar-refractivity contribution in [2.24, 2.45) is 0 Å². The topological polar surface area (TPSA) is 52.1 Å². The number of nitrogens with zero attached hydrogens (tertiary/aromatic N) is 2. The van der Waals surface area contributed by atoms with E-state index in [1.807, 2.05) is 0 Å². The molecular weight excluding hydrogens is 204 g/mol. The van der Waals surface area contributed by atoms with Gasteiger partial charge in [-0.15, -0.1) is 0 Å². The van der Waals surface area contributed by atoms with Gasteiger partial charge in [-0.3, -0.25) is 4.79 Å². The second-order valence-corrected chi connectivity index (χ2v) is 4.06. The van der Waals surface area contributed by atoms with Crippen LogP contribution in [0.4, 0.5) is 0 Å². The molecule has 0 saturated heterocycles. The van der Waals surface area contributed by atoms with E-state index in [9.17, 15) is 4.79 Å². The Morgan fingerprint density at radius 1 is 1.31 bits per heavy atom. The van der Waals surface area contributed by atoms with Crippen LogP contribution >= 0.6 is 0 Å². The second-order valence-electron chi connectivity index (χ2n) is 4.06. The molecule has 86 valence electrons. The lowest BCUT2D eigenvalue weighted by Gasteiger charge is -2.10. The van der Waals surface area contributed by atoms with Crippen LogP contribution in [0.1, 0.15) is 37.9 Å². The Hall–Kier alpha value is -1.45. The molecule has 0 radical (unpaired) electrons. The molecule has 1 aliphatic carbocycles. The summed E-state index contributed by atoms with van der Waals surface area (Å²) in [6, 6.07) is 1.76. The maximum atomic E-state index is 11.5. The van der Waals surface area contributed by atoms with E-state index >= 15 is 0 Å². The van der Waals surface area contributed by atoms with Gasteiger partial charge in [-0.25, -0.2) is 9.97 Å². The minimum Gasteiger partial charge on any atom is -0.462 e. The zero-order chi connectivity index (χ0) is 11.2. The van der Waals surface area contributed by atoms with Crippen molar-refractivity contribution < 1.29 is 9.53 Å². The largest absolute Gasteiger partial charge is 0.462 e. The third-order valence-electron chi connectivity index (χ3n) is 2.77. The summed E-state index contributed by atoms with van der Waals surface area (Å²) in [5.74, 6) is 0.574. The van der Waals surface area contributed by atoms with Gasteiger partial charge in [-0.05, 0) is 31.7 Å². The highest BCUT2D eigenvalue weighted by Crippen LogP contribution is 2.21. The summed E-state index contributed by atoms with van der Waals surface area (Å²) in [6.45, 7) is 0. The van der Waals surface area contributed by atoms with E-state index < -0.39 is 0 Å². The number of hydrogen-bond acceptors (Lipinski definition) is 4. The van der Waals surface area contributed by atoms with E-state index in [0.29, 0.717) is 18.7 Å². The zero-order valence-corrected chi connectivity index (χ0v) is 9.26. The first-order chi connectivity index (χ1) is 7.84. The van der Waals surface area contributed by atoms with Crippen LogP contribution in [0, 0.1) is 0 Å². The van der Waals surface area contributed by atoms with Crippen molar-refractivity contribution in [3.8, 4) is 0 Å². The molecule has 0 bridgehead atoms. The lowest BCUT2D eigenvalue weighted by atomic mass is 10.3. The van der Waals surface area contributed by atoms with E-state index in [1.54, 1.807) is 18.5 Å². The highest BCUT2D eigenvalue weighted by molar-refractivity contribution is 5.69. The van der Waals surface area contributed by atoms with Crippen molar-refractivity contribution in [1.82, 2.24) is 9.97 Å². The molecule has 2 rings (SSSR count). The summed E-state index contributed by atoms with van der Waals surface area (Å²) in [4.78, 5) is 19.6. The minimum atomic E-state index is -0.126. The smallest absolute Gasteiger partial charge is 0.306 e. The molecule has 0 atom stereocenters. The quantitative estimate of drug-likeness (QED) is 0.727. The Kier molecular flexibility index (Phi) is 3.86. The van der Waals surface area contributed by atoms with Crippen molar-refractivity contribution in [3.63, 3.8) is 0 Å². The number of carbonyl (C=O) groups is 1. The van der Waals surface area contributed by atoms with Crippen molar-refractivity contribution >= 4 is 5.97 Å². The van der Waals surface area contributed by atoms with Crippen LogP contribution in [0.3, 0.4) is 0 Å². The van der Waals surface area contributed by atoms with Crippen LogP contribution < -0.4 is 0 Å². The molecular formula is C12H16N2O2. The molecule has 0 amide bonds. The van der Waals surface area contributed by atoms with E-state index in [0.717, 1.165) is 12.8 Å². The van der Waals surface area contributed by atoms with Crippen LogP contribution in [-0.2, 0) is 16.0 Å². The van der Waals surface area contributed by atoms with E-state index in [4.69, 9.17) is 4.74 Å². The minimum absolute atomic E-state index is 0.126. The predicted octanol–water partition coefficient (Wildman–Crippen LogP) is 1.90. The number of ether oxygens (including phenoxy) is 1. The van der Waals surface area contributed by atoms with E-state index in [1.165, 1.54) is 12.8 Å². The van der Waals surface area contributed by atoms with Gasteiger partial charge >= 0.3 is 5.97 Å². The average Bonchev–Trinajstić information content (AvgIpc) is 2.81. The van der Waals surface area contributed by atoms with Gasteiger partial charge in [0.1, 0.15) is 11.9 Å². The molecule has 1 saturated carbocycles. The summed E-state index contributed by atoms with van der Waals surface area (Å²) in [5.41, 5.74) is 0. The van der Waals surface area contributed by atoms with Crippen LogP contribution in [0.5, 0.6) is 0 Å². The monoisotopic (exact) mass is 220 g/mol. The third-order valence-corrected chi connectivity index (χ3v) is 2.77. The van der Waals surface area contributed by atoms with E-state index in [2.05, 4.69) is 9.97 Å². The Labute approximate surface area is 95.1 Å². The number of carbonyl (C=O) groups excluding carboxylic acids is 1. The number of esters is 1. The first kappa shape index (κ1) is 11.0. The lowest BCUT2D eigenvalue weighted by Crippen LogP contribution is -2.15. The third kappa shape index (κ3) is 3.29. The molecule has 1 aromatic rings. The number of hydrogen-bond donors (Lipinski definition) is 0. The van der Waals surface area contributed by atoms with Crippen molar-refractivity contribution in [1.29, 1.82) is 0 Å². The summed E-state index contributed by atoms with van der Waals surface area (Å²) in [5, 5.41) is 0. The number of rotatable bonds is 4. The second kappa shape index (κ2) is 5.58. The first-order valence-corrected chi connectivity index (χ1v) is 5.80. The fraction of sp³-hybridized carbons (Fsp3) is 0.583. The molecule has 1 heterocycles. The van der Waals surface area contributed by atoms with Crippen LogP contribution in [0.2, 0.25) is 0 Å². The molecule has 0 spiro atoms. The summed E-state index contributed by atoms with van der Waals surface area (Å²) in [7, 11) is 0. The molecule has 16 heavy (non-hydrogen) atoms. The van der Waals surface area contributed by atoms with Gasteiger partial charge in [-0.2, -0.15) is 0 Å². The molecule has 4 nitrogen and oxygen atoms in total. The standard InChI is InChI=1S/C12H16N2O2/c15-12(16-10-4-1-2-5-10)7-6-11-13-8-3-9-14-11/h3,8-10H,1-2,4-7H2. The fourth-order valence-electron chi connectivity index (χ4n) is 1.92. The van der Waals surface area contributed by atoms with Gasteiger partial charge in [0, 0.05) is 18.8 Å². The molecule has 1 fully saturated rings. The van der Waals surface area contributed by atoms with Gasteiger partial charge in [0.05, 0.1) is 6.42 Å².